The molecule has 0 heterocycles. The molecule has 2 amide bonds. The van der Waals surface area contributed by atoms with Crippen LogP contribution < -0.4 is 20.2 Å². The summed E-state index contributed by atoms with van der Waals surface area (Å²) in [5, 5.41) is 7.34. The van der Waals surface area contributed by atoms with Crippen molar-refractivity contribution in [1.82, 2.24) is 10.7 Å². The van der Waals surface area contributed by atoms with Gasteiger partial charge in [0.25, 0.3) is 11.8 Å². The molecule has 2 aromatic rings. The van der Waals surface area contributed by atoms with Gasteiger partial charge in [0, 0.05) is 5.56 Å². The van der Waals surface area contributed by atoms with Crippen molar-refractivity contribution >= 4 is 63.8 Å². The number of benzene rings is 2. The van der Waals surface area contributed by atoms with Crippen molar-refractivity contribution in [3.63, 3.8) is 0 Å². The Morgan fingerprint density at radius 1 is 1.19 bits per heavy atom. The van der Waals surface area contributed by atoms with Crippen molar-refractivity contribution in [2.75, 3.05) is 13.7 Å². The van der Waals surface area contributed by atoms with Gasteiger partial charge in [0.05, 0.1) is 33.5 Å². The van der Waals surface area contributed by atoms with Crippen LogP contribution in [0.4, 0.5) is 0 Å². The Hall–Kier alpha value is -2.04. The summed E-state index contributed by atoms with van der Waals surface area (Å²) in [4.78, 5) is 25.2. The first-order valence-corrected chi connectivity index (χ1v) is 11.6. The van der Waals surface area contributed by atoms with Crippen LogP contribution in [0.2, 0.25) is 10.0 Å². The van der Waals surface area contributed by atoms with Crippen LogP contribution in [0.5, 0.6) is 11.5 Å². The molecule has 0 saturated heterocycles. The minimum Gasteiger partial charge on any atom is -0.493 e. The molecule has 2 rings (SSSR count). The molecule has 7 nitrogen and oxygen atoms in total. The maximum Gasteiger partial charge on any atom is 0.262 e. The van der Waals surface area contributed by atoms with E-state index >= 15 is 0 Å². The predicted molar refractivity (Wildman–Crippen MR) is 135 cm³/mol. The van der Waals surface area contributed by atoms with Crippen molar-refractivity contribution in [2.24, 2.45) is 11.0 Å². The third-order valence-electron chi connectivity index (χ3n) is 4.35. The number of halogens is 3. The quantitative estimate of drug-likeness (QED) is 0.246. The van der Waals surface area contributed by atoms with Crippen LogP contribution in [0.3, 0.4) is 0 Å². The fourth-order valence-electron chi connectivity index (χ4n) is 2.74. The lowest BCUT2D eigenvalue weighted by molar-refractivity contribution is -0.123. The lowest BCUT2D eigenvalue weighted by Gasteiger charge is -2.20. The number of hydrogen-bond acceptors (Lipinski definition) is 5. The maximum absolute atomic E-state index is 12.7. The second kappa shape index (κ2) is 12.3. The number of nitrogens with zero attached hydrogens (tertiary/aromatic N) is 1. The molecule has 2 N–H and O–H groups in total. The van der Waals surface area contributed by atoms with E-state index in [1.54, 1.807) is 13.2 Å². The van der Waals surface area contributed by atoms with E-state index in [2.05, 4.69) is 38.4 Å². The van der Waals surface area contributed by atoms with E-state index in [1.807, 2.05) is 26.8 Å². The summed E-state index contributed by atoms with van der Waals surface area (Å²) < 4.78 is 11.8. The van der Waals surface area contributed by atoms with E-state index in [-0.39, 0.29) is 10.9 Å². The highest BCUT2D eigenvalue weighted by atomic mass is 127. The number of methoxy groups -OCH3 is 1. The van der Waals surface area contributed by atoms with Crippen molar-refractivity contribution in [2.45, 2.75) is 26.8 Å². The molecule has 172 valence electrons. The molecule has 0 aromatic heterocycles. The Balaban J connectivity index is 2.10. The number of carbonyl (C=O) groups excluding carboxylic acids is 2. The molecule has 32 heavy (non-hydrogen) atoms. The van der Waals surface area contributed by atoms with Crippen LogP contribution in [0.25, 0.3) is 0 Å². The largest absolute Gasteiger partial charge is 0.493 e. The van der Waals surface area contributed by atoms with Crippen LogP contribution >= 0.6 is 45.8 Å². The second-order valence-corrected chi connectivity index (χ2v) is 9.00. The second-order valence-electron chi connectivity index (χ2n) is 7.03. The van der Waals surface area contributed by atoms with Crippen LogP contribution in [-0.4, -0.2) is 37.8 Å². The van der Waals surface area contributed by atoms with E-state index in [0.717, 1.165) is 9.13 Å². The number of rotatable bonds is 9. The average molecular weight is 592 g/mol. The molecular formula is C22H24Cl2IN3O4. The number of hydrazone groups is 1. The van der Waals surface area contributed by atoms with E-state index < -0.39 is 17.9 Å². The fraction of sp³-hybridized carbons (Fsp3) is 0.318. The zero-order valence-electron chi connectivity index (χ0n) is 18.0. The molecule has 0 bridgehead atoms. The zero-order chi connectivity index (χ0) is 23.8. The lowest BCUT2D eigenvalue weighted by atomic mass is 10.0. The molecule has 0 spiro atoms. The van der Waals surface area contributed by atoms with Crippen LogP contribution in [0.15, 0.2) is 35.4 Å². The molecule has 1 unspecified atom stereocenters. The Bertz CT molecular complexity index is 1010. The highest BCUT2D eigenvalue weighted by Crippen LogP contribution is 2.33. The monoisotopic (exact) mass is 591 g/mol. The highest BCUT2D eigenvalue weighted by molar-refractivity contribution is 14.1. The van der Waals surface area contributed by atoms with Crippen molar-refractivity contribution in [1.29, 1.82) is 0 Å². The molecule has 0 fully saturated rings. The maximum atomic E-state index is 12.7. The van der Waals surface area contributed by atoms with Crippen LogP contribution in [-0.2, 0) is 4.79 Å². The first-order chi connectivity index (χ1) is 15.2. The molecule has 0 aliphatic carbocycles. The van der Waals surface area contributed by atoms with E-state index in [0.29, 0.717) is 28.7 Å². The molecule has 10 heteroatoms. The predicted octanol–water partition coefficient (Wildman–Crippen LogP) is 4.91. The Kier molecular flexibility index (Phi) is 10.0. The summed E-state index contributed by atoms with van der Waals surface area (Å²) in [6.45, 7) is 6.05. The van der Waals surface area contributed by atoms with Gasteiger partial charge in [-0.1, -0.05) is 37.0 Å². The number of hydrogen-bond donors (Lipinski definition) is 2. The number of amides is 2. The molecule has 0 radical (unpaired) electrons. The summed E-state index contributed by atoms with van der Waals surface area (Å²) in [6.07, 6.45) is 1.50. The molecule has 2 aromatic carbocycles. The third-order valence-corrected chi connectivity index (χ3v) is 5.89. The summed E-state index contributed by atoms with van der Waals surface area (Å²) in [5.41, 5.74) is 3.50. The van der Waals surface area contributed by atoms with E-state index in [9.17, 15) is 9.59 Å². The van der Waals surface area contributed by atoms with Crippen molar-refractivity contribution < 1.29 is 19.1 Å². The van der Waals surface area contributed by atoms with Gasteiger partial charge in [-0.15, -0.1) is 0 Å². The number of ether oxygens (including phenoxy) is 2. The SMILES string of the molecule is CCOc1c(I)cc(C=NNC(=O)C(NC(=O)c2ccc(Cl)c(Cl)c2)C(C)C)cc1OC. The van der Waals surface area contributed by atoms with Crippen molar-refractivity contribution in [3.05, 3.63) is 55.1 Å². The third kappa shape index (κ3) is 6.98. The van der Waals surface area contributed by atoms with Gasteiger partial charge in [-0.05, 0) is 71.3 Å². The van der Waals surface area contributed by atoms with E-state index in [1.165, 1.54) is 24.4 Å². The van der Waals surface area contributed by atoms with Gasteiger partial charge in [-0.25, -0.2) is 5.43 Å². The summed E-state index contributed by atoms with van der Waals surface area (Å²) in [7, 11) is 1.56. The van der Waals surface area contributed by atoms with E-state index in [4.69, 9.17) is 32.7 Å². The van der Waals surface area contributed by atoms with Gasteiger partial charge in [-0.2, -0.15) is 5.10 Å². The minimum atomic E-state index is -0.802. The molecule has 0 saturated carbocycles. The normalized spacial score (nSPS) is 12.0. The smallest absolute Gasteiger partial charge is 0.262 e. The zero-order valence-corrected chi connectivity index (χ0v) is 21.7. The Labute approximate surface area is 211 Å². The van der Waals surface area contributed by atoms with Gasteiger partial charge in [0.15, 0.2) is 11.5 Å². The summed E-state index contributed by atoms with van der Waals surface area (Å²) >= 11 is 14.0. The topological polar surface area (TPSA) is 89.0 Å². The van der Waals surface area contributed by atoms with Gasteiger partial charge < -0.3 is 14.8 Å². The first-order valence-electron chi connectivity index (χ1n) is 9.77. The number of carbonyl (C=O) groups is 2. The summed E-state index contributed by atoms with van der Waals surface area (Å²) in [6, 6.07) is 7.33. The first kappa shape index (κ1) is 26.2. The Morgan fingerprint density at radius 3 is 2.50 bits per heavy atom. The fourth-order valence-corrected chi connectivity index (χ4v) is 3.81. The molecular weight excluding hydrogens is 568 g/mol. The highest BCUT2D eigenvalue weighted by Gasteiger charge is 2.24. The standard InChI is InChI=1S/C22H24Cl2IN3O4/c1-5-32-20-17(25)8-13(9-18(20)31-4)11-26-28-22(30)19(12(2)3)27-21(29)14-6-7-15(23)16(24)10-14/h6-12,19H,5H2,1-4H3,(H,27,29)(H,28,30). The van der Waals surface area contributed by atoms with Gasteiger partial charge in [-0.3, -0.25) is 9.59 Å². The average Bonchev–Trinajstić information content (AvgIpc) is 2.75. The van der Waals surface area contributed by atoms with Gasteiger partial charge in [0.2, 0.25) is 0 Å². The number of nitrogens with one attached hydrogen (secondary N) is 2. The molecule has 0 aliphatic rings. The summed E-state index contributed by atoms with van der Waals surface area (Å²) in [5.74, 6) is 0.162. The van der Waals surface area contributed by atoms with Gasteiger partial charge in [0.1, 0.15) is 6.04 Å². The molecule has 1 atom stereocenters. The Morgan fingerprint density at radius 2 is 1.91 bits per heavy atom. The van der Waals surface area contributed by atoms with Gasteiger partial charge >= 0.3 is 0 Å². The lowest BCUT2D eigenvalue weighted by Crippen LogP contribution is -2.48. The van der Waals surface area contributed by atoms with Crippen molar-refractivity contribution in [3.8, 4) is 11.5 Å². The molecule has 0 aliphatic heterocycles. The van der Waals surface area contributed by atoms with Crippen LogP contribution in [0, 0.1) is 9.49 Å². The minimum absolute atomic E-state index is 0.177. The van der Waals surface area contributed by atoms with Crippen LogP contribution in [0.1, 0.15) is 36.7 Å².